The maximum Gasteiger partial charge on any atom is 0.361 e. The van der Waals surface area contributed by atoms with Gasteiger partial charge in [-0.05, 0) is 32.0 Å². The van der Waals surface area contributed by atoms with Gasteiger partial charge in [0, 0.05) is 17.1 Å². The molecule has 12 nitrogen and oxygen atoms in total. The normalized spacial score (nSPS) is 11.0. The number of benzene rings is 1. The Labute approximate surface area is 250 Å². The number of nitrogens with two attached hydrogens (primary N) is 2. The Morgan fingerprint density at radius 2 is 1.76 bits per heavy atom. The van der Waals surface area contributed by atoms with Crippen molar-refractivity contribution >= 4 is 84.3 Å². The first kappa shape index (κ1) is 28.6. The third kappa shape index (κ3) is 4.51. The molecule has 0 bridgehead atoms. The van der Waals surface area contributed by atoms with Crippen LogP contribution in [0.15, 0.2) is 30.5 Å². The van der Waals surface area contributed by atoms with Crippen molar-refractivity contribution < 1.29 is 29.0 Å². The van der Waals surface area contributed by atoms with E-state index in [1.807, 2.05) is 6.07 Å². The third-order valence-electron chi connectivity index (χ3n) is 6.14. The lowest BCUT2D eigenvalue weighted by molar-refractivity contribution is 0.0515. The van der Waals surface area contributed by atoms with E-state index in [0.717, 1.165) is 27.4 Å². The van der Waals surface area contributed by atoms with Crippen LogP contribution >= 0.6 is 34.9 Å². The second kappa shape index (κ2) is 11.2. The molecule has 15 heteroatoms. The number of aromatic nitrogens is 3. The minimum atomic E-state index is -0.901. The first-order chi connectivity index (χ1) is 20.1. The van der Waals surface area contributed by atoms with E-state index in [0.29, 0.717) is 9.40 Å². The van der Waals surface area contributed by atoms with Gasteiger partial charge >= 0.3 is 11.9 Å². The van der Waals surface area contributed by atoms with Crippen LogP contribution in [0.2, 0.25) is 0 Å². The lowest BCUT2D eigenvalue weighted by atomic mass is 10.0. The fraction of sp³-hybridized carbons (Fsp3) is 0.148. The Morgan fingerprint density at radius 3 is 2.45 bits per heavy atom. The van der Waals surface area contributed by atoms with Crippen molar-refractivity contribution in [3.63, 3.8) is 0 Å². The fourth-order valence-electron chi connectivity index (χ4n) is 4.31. The highest BCUT2D eigenvalue weighted by Crippen LogP contribution is 2.46. The Balaban J connectivity index is 1.81. The predicted molar refractivity (Wildman–Crippen MR) is 160 cm³/mol. The third-order valence-corrected chi connectivity index (χ3v) is 8.97. The van der Waals surface area contributed by atoms with Gasteiger partial charge in [0.2, 0.25) is 5.78 Å². The molecular weight excluding hydrogens is 601 g/mol. The minimum Gasteiger partial charge on any atom is -0.506 e. The molecule has 0 atom stereocenters. The number of ether oxygens (including phenoxy) is 2. The molecule has 0 fully saturated rings. The van der Waals surface area contributed by atoms with Gasteiger partial charge in [0.1, 0.15) is 43.0 Å². The van der Waals surface area contributed by atoms with Gasteiger partial charge < -0.3 is 26.0 Å². The summed E-state index contributed by atoms with van der Waals surface area (Å²) in [5, 5.41) is 25.0. The first-order valence-electron chi connectivity index (χ1n) is 12.3. The van der Waals surface area contributed by atoms with Crippen molar-refractivity contribution in [3.05, 3.63) is 61.7 Å². The van der Waals surface area contributed by atoms with Crippen LogP contribution in [0.4, 0.5) is 11.4 Å². The van der Waals surface area contributed by atoms with E-state index in [2.05, 4.69) is 10.1 Å². The molecule has 0 spiro atoms. The molecule has 0 aliphatic rings. The number of rotatable bonds is 7. The maximum absolute atomic E-state index is 13.8. The van der Waals surface area contributed by atoms with Crippen molar-refractivity contribution in [1.82, 2.24) is 14.8 Å². The molecule has 0 saturated heterocycles. The summed E-state index contributed by atoms with van der Waals surface area (Å²) in [5.41, 5.74) is 12.3. The Kier molecular flexibility index (Phi) is 7.61. The summed E-state index contributed by atoms with van der Waals surface area (Å²) in [6, 6.07) is 8.03. The van der Waals surface area contributed by atoms with Gasteiger partial charge in [0.25, 0.3) is 0 Å². The average molecular weight is 621 g/mol. The van der Waals surface area contributed by atoms with Crippen molar-refractivity contribution in [2.75, 3.05) is 24.7 Å². The molecule has 212 valence electrons. The molecule has 0 aliphatic carbocycles. The van der Waals surface area contributed by atoms with Gasteiger partial charge in [-0.2, -0.15) is 10.4 Å². The largest absolute Gasteiger partial charge is 0.506 e. The van der Waals surface area contributed by atoms with E-state index in [9.17, 15) is 24.8 Å². The first-order valence-corrected chi connectivity index (χ1v) is 14.3. The van der Waals surface area contributed by atoms with Crippen molar-refractivity contribution in [1.29, 1.82) is 5.26 Å². The zero-order chi connectivity index (χ0) is 30.3. The number of phenolic OH excluding ortho intramolecular Hbond substituents is 1. The number of thiophene rings is 2. The highest BCUT2D eigenvalue weighted by atomic mass is 32.2. The van der Waals surface area contributed by atoms with Crippen LogP contribution < -0.4 is 11.5 Å². The number of phenols is 1. The van der Waals surface area contributed by atoms with E-state index < -0.39 is 17.7 Å². The summed E-state index contributed by atoms with van der Waals surface area (Å²) in [7, 11) is 0. The summed E-state index contributed by atoms with van der Waals surface area (Å²) >= 11 is 7.55. The second-order valence-corrected chi connectivity index (χ2v) is 11.2. The van der Waals surface area contributed by atoms with Gasteiger partial charge in [-0.15, -0.1) is 22.7 Å². The van der Waals surface area contributed by atoms with Crippen LogP contribution in [0, 0.1) is 16.0 Å². The van der Waals surface area contributed by atoms with Crippen molar-refractivity contribution in [2.24, 2.45) is 0 Å². The topological polar surface area (TPSA) is 196 Å². The van der Waals surface area contributed by atoms with Crippen molar-refractivity contribution in [2.45, 2.75) is 13.8 Å². The van der Waals surface area contributed by atoms with Gasteiger partial charge in [-0.1, -0.05) is 18.3 Å². The number of carbonyl (C=O) groups excluding carboxylic acids is 3. The van der Waals surface area contributed by atoms with Crippen LogP contribution in [0.5, 0.6) is 5.75 Å². The number of hydrogen-bond donors (Lipinski definition) is 3. The van der Waals surface area contributed by atoms with Crippen LogP contribution in [-0.2, 0) is 9.47 Å². The summed E-state index contributed by atoms with van der Waals surface area (Å²) in [6.07, 6.45) is 1.50. The van der Waals surface area contributed by atoms with Crippen LogP contribution in [0.3, 0.4) is 0 Å². The lowest BCUT2D eigenvalue weighted by Crippen LogP contribution is -2.19. The molecule has 0 saturated carbocycles. The monoisotopic (exact) mass is 620 g/mol. The SMILES string of the molecule is CCOC(=O)c1nn(-c2c(C(=O)OCC)sc3sc(C(=O)c4ccc(O)c5ncccc45)c(N)c23)c(=S)c(C#N)c1N. The smallest absolute Gasteiger partial charge is 0.361 e. The maximum atomic E-state index is 13.8. The summed E-state index contributed by atoms with van der Waals surface area (Å²) < 4.78 is 11.6. The molecular formula is C27H20N6O6S3. The molecule has 5 N–H and O–H groups in total. The van der Waals surface area contributed by atoms with Gasteiger partial charge in [0.15, 0.2) is 5.69 Å². The number of nitrogen functional groups attached to an aromatic ring is 2. The summed E-state index contributed by atoms with van der Waals surface area (Å²) in [6.45, 7) is 3.30. The standard InChI is InChI=1S/C27H20N6O6S3/c1-3-38-25(36)19-16(29)13(10-28)24(40)33(32-19)20-15-17(30)22(41-27(15)42-23(20)26(37)39-4-2)21(35)12-7-8-14(34)18-11(12)6-5-9-31-18/h5-9,34H,3-4,29-30H2,1-2H3. The zero-order valence-electron chi connectivity index (χ0n) is 22.0. The van der Waals surface area contributed by atoms with Crippen molar-refractivity contribution in [3.8, 4) is 17.5 Å². The number of ketones is 1. The molecule has 4 aromatic heterocycles. The molecule has 0 aliphatic heterocycles. The molecule has 0 radical (unpaired) electrons. The minimum absolute atomic E-state index is 0.0126. The Bertz CT molecular complexity index is 2060. The molecule has 0 amide bonds. The van der Waals surface area contributed by atoms with Gasteiger partial charge in [0.05, 0.1) is 34.0 Å². The number of aromatic hydroxyl groups is 1. The summed E-state index contributed by atoms with van der Waals surface area (Å²) in [5.74, 6) is -2.15. The van der Waals surface area contributed by atoms with Gasteiger partial charge in [-0.3, -0.25) is 9.78 Å². The second-order valence-electron chi connectivity index (χ2n) is 8.56. The van der Waals surface area contributed by atoms with Crippen LogP contribution in [0.25, 0.3) is 26.0 Å². The molecule has 42 heavy (non-hydrogen) atoms. The quantitative estimate of drug-likeness (QED) is 0.128. The van der Waals surface area contributed by atoms with Crippen LogP contribution in [-0.4, -0.2) is 50.8 Å². The number of carbonyl (C=O) groups is 3. The number of esters is 2. The highest BCUT2D eigenvalue weighted by Gasteiger charge is 2.31. The van der Waals surface area contributed by atoms with Crippen LogP contribution in [0.1, 0.15) is 54.8 Å². The molecule has 0 unspecified atom stereocenters. The molecule has 5 aromatic rings. The number of nitrogens with zero attached hydrogens (tertiary/aromatic N) is 4. The predicted octanol–water partition coefficient (Wildman–Crippen LogP) is 4.75. The van der Waals surface area contributed by atoms with E-state index in [1.165, 1.54) is 18.3 Å². The number of pyridine rings is 1. The fourth-order valence-corrected chi connectivity index (χ4v) is 7.09. The molecule has 1 aromatic carbocycles. The lowest BCUT2D eigenvalue weighted by Gasteiger charge is -2.13. The Hall–Kier alpha value is -4.91. The number of fused-ring (bicyclic) bond motifs is 2. The van der Waals surface area contributed by atoms with Gasteiger partial charge in [-0.25, -0.2) is 14.3 Å². The van der Waals surface area contributed by atoms with E-state index in [-0.39, 0.29) is 78.1 Å². The molecule has 4 heterocycles. The number of anilines is 2. The zero-order valence-corrected chi connectivity index (χ0v) is 24.4. The number of hydrogen-bond acceptors (Lipinski definition) is 14. The highest BCUT2D eigenvalue weighted by molar-refractivity contribution is 7.71. The van der Waals surface area contributed by atoms with E-state index in [1.54, 1.807) is 26.0 Å². The van der Waals surface area contributed by atoms with E-state index in [4.69, 9.17) is 33.2 Å². The van der Waals surface area contributed by atoms with E-state index >= 15 is 0 Å². The Morgan fingerprint density at radius 1 is 1.07 bits per heavy atom. The summed E-state index contributed by atoms with van der Waals surface area (Å²) in [4.78, 5) is 44.0. The average Bonchev–Trinajstić information content (AvgIpc) is 3.50. The number of nitriles is 1. The molecule has 5 rings (SSSR count).